The van der Waals surface area contributed by atoms with Crippen LogP contribution in [0.3, 0.4) is 0 Å². The number of hydrogen-bond donors (Lipinski definition) is 1. The van der Waals surface area contributed by atoms with Gasteiger partial charge in [-0.1, -0.05) is 13.3 Å². The van der Waals surface area contributed by atoms with Gasteiger partial charge in [-0.2, -0.15) is 0 Å². The molecule has 1 amide bonds. The van der Waals surface area contributed by atoms with Gasteiger partial charge in [0.15, 0.2) is 5.11 Å². The smallest absolute Gasteiger partial charge is 0.276 e. The van der Waals surface area contributed by atoms with E-state index in [1.165, 1.54) is 0 Å². The highest BCUT2D eigenvalue weighted by Crippen LogP contribution is 2.15. The molecule has 2 rings (SSSR count). The predicted molar refractivity (Wildman–Crippen MR) is 69.0 cm³/mol. The molecule has 0 bridgehead atoms. The highest BCUT2D eigenvalue weighted by atomic mass is 32.1. The van der Waals surface area contributed by atoms with Gasteiger partial charge in [0.1, 0.15) is 11.5 Å². The Bertz CT molecular complexity index is 451. The van der Waals surface area contributed by atoms with Crippen molar-refractivity contribution in [2.75, 3.05) is 6.54 Å². The minimum Gasteiger partial charge on any atom is -0.465 e. The number of unbranched alkanes of at least 4 members (excludes halogenated alkanes) is 1. The van der Waals surface area contributed by atoms with Crippen molar-refractivity contribution in [3.05, 3.63) is 29.9 Å². The molecule has 0 aromatic carbocycles. The molecule has 2 heterocycles. The van der Waals surface area contributed by atoms with Gasteiger partial charge in [-0.15, -0.1) is 0 Å². The first-order valence-corrected chi connectivity index (χ1v) is 6.01. The number of nitrogens with one attached hydrogen (secondary N) is 1. The maximum atomic E-state index is 12.0. The molecule has 4 nitrogen and oxygen atoms in total. The lowest BCUT2D eigenvalue weighted by Crippen LogP contribution is -2.31. The normalized spacial score (nSPS) is 17.9. The number of furan rings is 1. The molecular formula is C12H14N2O2S. The van der Waals surface area contributed by atoms with Gasteiger partial charge in [0.2, 0.25) is 0 Å². The second-order valence-corrected chi connectivity index (χ2v) is 4.20. The van der Waals surface area contributed by atoms with Crippen molar-refractivity contribution in [1.29, 1.82) is 0 Å². The Balaban J connectivity index is 2.13. The zero-order valence-corrected chi connectivity index (χ0v) is 10.4. The van der Waals surface area contributed by atoms with Gasteiger partial charge in [-0.05, 0) is 30.8 Å². The number of carbonyl (C=O) groups is 1. The minimum atomic E-state index is -0.0835. The number of amides is 1. The number of rotatable bonds is 4. The third-order valence-electron chi connectivity index (χ3n) is 2.53. The van der Waals surface area contributed by atoms with E-state index >= 15 is 0 Å². The molecule has 0 unspecified atom stereocenters. The van der Waals surface area contributed by atoms with Crippen molar-refractivity contribution in [3.63, 3.8) is 0 Å². The fourth-order valence-electron chi connectivity index (χ4n) is 1.61. The molecule has 5 heteroatoms. The topological polar surface area (TPSA) is 45.5 Å². The second kappa shape index (κ2) is 5.14. The van der Waals surface area contributed by atoms with Crippen molar-refractivity contribution < 1.29 is 9.21 Å². The molecule has 17 heavy (non-hydrogen) atoms. The van der Waals surface area contributed by atoms with Crippen LogP contribution in [0.1, 0.15) is 25.5 Å². The molecule has 0 aliphatic carbocycles. The van der Waals surface area contributed by atoms with Crippen molar-refractivity contribution in [2.45, 2.75) is 19.8 Å². The Morgan fingerprint density at radius 3 is 3.06 bits per heavy atom. The van der Waals surface area contributed by atoms with Crippen molar-refractivity contribution in [1.82, 2.24) is 10.2 Å². The van der Waals surface area contributed by atoms with Gasteiger partial charge in [-0.25, -0.2) is 0 Å². The lowest BCUT2D eigenvalue weighted by atomic mass is 10.3. The molecule has 0 atom stereocenters. The predicted octanol–water partition coefficient (Wildman–Crippen LogP) is 2.14. The third-order valence-corrected chi connectivity index (χ3v) is 2.85. The summed E-state index contributed by atoms with van der Waals surface area (Å²) in [5.74, 6) is 0.556. The van der Waals surface area contributed by atoms with E-state index in [0.717, 1.165) is 12.8 Å². The van der Waals surface area contributed by atoms with E-state index in [1.807, 2.05) is 0 Å². The van der Waals surface area contributed by atoms with Crippen LogP contribution >= 0.6 is 12.2 Å². The Kier molecular flexibility index (Phi) is 3.58. The summed E-state index contributed by atoms with van der Waals surface area (Å²) in [4.78, 5) is 13.6. The van der Waals surface area contributed by atoms with E-state index in [2.05, 4.69) is 12.2 Å². The average Bonchev–Trinajstić information content (AvgIpc) is 2.89. The van der Waals surface area contributed by atoms with Crippen LogP contribution in [0.25, 0.3) is 6.08 Å². The van der Waals surface area contributed by atoms with Crippen molar-refractivity contribution >= 4 is 29.3 Å². The maximum absolute atomic E-state index is 12.0. The molecule has 1 aliphatic rings. The Labute approximate surface area is 105 Å². The molecule has 1 aliphatic heterocycles. The number of nitrogens with zero attached hydrogens (tertiary/aromatic N) is 1. The summed E-state index contributed by atoms with van der Waals surface area (Å²) in [6, 6.07) is 3.57. The standard InChI is InChI=1S/C12H14N2O2S/c1-2-3-6-14-11(15)10(13-12(14)17)8-9-5-4-7-16-9/h4-5,7-8H,2-3,6H2,1H3,(H,13,17)/b10-8+. The van der Waals surface area contributed by atoms with Crippen LogP contribution in [0.5, 0.6) is 0 Å². The zero-order chi connectivity index (χ0) is 12.3. The molecule has 1 fully saturated rings. The lowest BCUT2D eigenvalue weighted by molar-refractivity contribution is -0.122. The Hall–Kier alpha value is -1.62. The minimum absolute atomic E-state index is 0.0835. The van der Waals surface area contributed by atoms with Gasteiger partial charge in [0, 0.05) is 12.6 Å². The molecule has 0 saturated carbocycles. The first-order valence-electron chi connectivity index (χ1n) is 5.60. The summed E-state index contributed by atoms with van der Waals surface area (Å²) in [5, 5.41) is 3.38. The number of hydrogen-bond acceptors (Lipinski definition) is 3. The van der Waals surface area contributed by atoms with Crippen LogP contribution in [0.15, 0.2) is 28.5 Å². The summed E-state index contributed by atoms with van der Waals surface area (Å²) in [6.45, 7) is 2.74. The zero-order valence-electron chi connectivity index (χ0n) is 9.60. The summed E-state index contributed by atoms with van der Waals surface area (Å²) >= 11 is 5.13. The highest BCUT2D eigenvalue weighted by molar-refractivity contribution is 7.80. The van der Waals surface area contributed by atoms with Gasteiger partial charge >= 0.3 is 0 Å². The molecular weight excluding hydrogens is 236 g/mol. The van der Waals surface area contributed by atoms with Crippen LogP contribution < -0.4 is 5.32 Å². The van der Waals surface area contributed by atoms with Crippen molar-refractivity contribution in [3.8, 4) is 0 Å². The fraction of sp³-hybridized carbons (Fsp3) is 0.333. The Morgan fingerprint density at radius 2 is 2.41 bits per heavy atom. The Morgan fingerprint density at radius 1 is 1.59 bits per heavy atom. The quantitative estimate of drug-likeness (QED) is 0.657. The number of carbonyl (C=O) groups excluding carboxylic acids is 1. The van der Waals surface area contributed by atoms with Gasteiger partial charge in [0.25, 0.3) is 5.91 Å². The molecule has 1 aromatic heterocycles. The van der Waals surface area contributed by atoms with E-state index in [1.54, 1.807) is 29.4 Å². The van der Waals surface area contributed by atoms with Gasteiger partial charge in [-0.3, -0.25) is 9.69 Å². The largest absolute Gasteiger partial charge is 0.465 e. The monoisotopic (exact) mass is 250 g/mol. The number of thiocarbonyl (C=S) groups is 1. The fourth-order valence-corrected chi connectivity index (χ4v) is 1.89. The van der Waals surface area contributed by atoms with Gasteiger partial charge in [0.05, 0.1) is 6.26 Å². The molecule has 1 aromatic rings. The molecule has 0 spiro atoms. The third kappa shape index (κ3) is 2.55. The van der Waals surface area contributed by atoms with E-state index in [9.17, 15) is 4.79 Å². The summed E-state index contributed by atoms with van der Waals surface area (Å²) in [7, 11) is 0. The lowest BCUT2D eigenvalue weighted by Gasteiger charge is -2.12. The highest BCUT2D eigenvalue weighted by Gasteiger charge is 2.29. The van der Waals surface area contributed by atoms with E-state index < -0.39 is 0 Å². The first kappa shape index (κ1) is 11.9. The maximum Gasteiger partial charge on any atom is 0.276 e. The van der Waals surface area contributed by atoms with Crippen LogP contribution in [0, 0.1) is 0 Å². The molecule has 90 valence electrons. The van der Waals surface area contributed by atoms with Crippen LogP contribution in [-0.4, -0.2) is 22.5 Å². The van der Waals surface area contributed by atoms with Crippen molar-refractivity contribution in [2.24, 2.45) is 0 Å². The summed E-state index contributed by atoms with van der Waals surface area (Å²) < 4.78 is 5.16. The second-order valence-electron chi connectivity index (χ2n) is 3.81. The van der Waals surface area contributed by atoms with Crippen LogP contribution in [-0.2, 0) is 4.79 Å². The first-order chi connectivity index (χ1) is 8.22. The molecule has 1 saturated heterocycles. The van der Waals surface area contributed by atoms with E-state index in [-0.39, 0.29) is 5.91 Å². The van der Waals surface area contributed by atoms with E-state index in [4.69, 9.17) is 16.6 Å². The molecule has 0 radical (unpaired) electrons. The van der Waals surface area contributed by atoms with Gasteiger partial charge < -0.3 is 9.73 Å². The summed E-state index contributed by atoms with van der Waals surface area (Å²) in [6.07, 6.45) is 5.21. The SMILES string of the molecule is CCCCN1C(=O)/C(=C\c2ccco2)NC1=S. The average molecular weight is 250 g/mol. The van der Waals surface area contributed by atoms with Crippen LogP contribution in [0.4, 0.5) is 0 Å². The molecule has 1 N–H and O–H groups in total. The summed E-state index contributed by atoms with van der Waals surface area (Å²) in [5.41, 5.74) is 0.473. The van der Waals surface area contributed by atoms with Crippen LogP contribution in [0.2, 0.25) is 0 Å². The van der Waals surface area contributed by atoms with E-state index in [0.29, 0.717) is 23.1 Å².